The van der Waals surface area contributed by atoms with E-state index >= 15 is 0 Å². The van der Waals surface area contributed by atoms with Crippen LogP contribution in [0.15, 0.2) is 78.9 Å². The molecule has 3 aromatic rings. The number of rotatable bonds is 14. The van der Waals surface area contributed by atoms with Crippen molar-refractivity contribution >= 4 is 52.6 Å². The van der Waals surface area contributed by atoms with Crippen molar-refractivity contribution in [2.75, 3.05) is 26.2 Å². The maximum absolute atomic E-state index is 12.8. The van der Waals surface area contributed by atoms with E-state index in [1.807, 2.05) is 12.1 Å². The first-order chi connectivity index (χ1) is 26.1. The number of hydrogen-bond donors (Lipinski definition) is 4. The molecule has 1 saturated carbocycles. The summed E-state index contributed by atoms with van der Waals surface area (Å²) in [5.74, 6) is -6.61. The molecule has 4 N–H and O–H groups in total. The molecule has 13 heteroatoms. The van der Waals surface area contributed by atoms with Crippen LogP contribution in [0, 0.1) is 11.8 Å². The summed E-state index contributed by atoms with van der Waals surface area (Å²) in [6, 6.07) is 19.2. The molecule has 1 amide bonds. The van der Waals surface area contributed by atoms with Gasteiger partial charge in [0.2, 0.25) is 17.5 Å². The molecular weight excluding hydrogens is 747 g/mol. The van der Waals surface area contributed by atoms with Crippen LogP contribution >= 0.6 is 23.2 Å². The molecule has 1 heterocycles. The summed E-state index contributed by atoms with van der Waals surface area (Å²) in [5, 5.41) is 41.1. The van der Waals surface area contributed by atoms with Gasteiger partial charge in [0, 0.05) is 42.7 Å². The second kappa shape index (κ2) is 19.6. The number of likely N-dealkylation sites (tertiary alicyclic amines) is 1. The monoisotopic (exact) mass is 796 g/mol. The summed E-state index contributed by atoms with van der Waals surface area (Å²) in [4.78, 5) is 66.1. The molecule has 1 saturated heterocycles. The highest BCUT2D eigenvalue weighted by atomic mass is 35.5. The van der Waals surface area contributed by atoms with Crippen LogP contribution in [-0.2, 0) is 20.8 Å². The van der Waals surface area contributed by atoms with Gasteiger partial charge in [-0.2, -0.15) is 0 Å². The maximum atomic E-state index is 12.8. The molecule has 1 aliphatic heterocycles. The van der Waals surface area contributed by atoms with E-state index in [1.165, 1.54) is 61.2 Å². The van der Waals surface area contributed by atoms with Gasteiger partial charge in [0.05, 0.1) is 10.0 Å². The predicted molar refractivity (Wildman–Crippen MR) is 209 cm³/mol. The van der Waals surface area contributed by atoms with Gasteiger partial charge in [0.25, 0.3) is 11.2 Å². The first-order valence-electron chi connectivity index (χ1n) is 18.7. The number of halogens is 2. The third-order valence-electron chi connectivity index (χ3n) is 10.8. The van der Waals surface area contributed by atoms with Gasteiger partial charge in [-0.05, 0) is 69.2 Å². The SMILES string of the molecule is CCN(CC1CCN(C(=O)C2CCCCC2)CC1)C(C)Cc1ccc(Cl)c(Cl)c1.O=C(O)C(O)(C(=O)c1ccccc1)C(O)(C(=O)O)C(=O)c1ccccc1. The van der Waals surface area contributed by atoms with Gasteiger partial charge in [-0.1, -0.05) is 116 Å². The molecule has 296 valence electrons. The minimum absolute atomic E-state index is 0.304. The number of benzene rings is 3. The number of nitrogens with zero attached hydrogens (tertiary/aromatic N) is 2. The molecule has 55 heavy (non-hydrogen) atoms. The van der Waals surface area contributed by atoms with Gasteiger partial charge >= 0.3 is 11.9 Å². The highest BCUT2D eigenvalue weighted by molar-refractivity contribution is 6.42. The van der Waals surface area contributed by atoms with Crippen LogP contribution in [0.5, 0.6) is 0 Å². The van der Waals surface area contributed by atoms with Crippen molar-refractivity contribution in [3.63, 3.8) is 0 Å². The molecule has 0 aromatic heterocycles. The highest BCUT2D eigenvalue weighted by Gasteiger charge is 2.69. The normalized spacial score (nSPS) is 17.9. The Balaban J connectivity index is 0.000000246. The third kappa shape index (κ3) is 10.2. The lowest BCUT2D eigenvalue weighted by Crippen LogP contribution is -2.71. The summed E-state index contributed by atoms with van der Waals surface area (Å²) in [5.41, 5.74) is -7.45. The molecule has 0 spiro atoms. The van der Waals surface area contributed by atoms with E-state index in [9.17, 15) is 44.4 Å². The summed E-state index contributed by atoms with van der Waals surface area (Å²) >= 11 is 12.2. The molecule has 2 aliphatic rings. The van der Waals surface area contributed by atoms with Gasteiger partial charge in [0.1, 0.15) is 0 Å². The third-order valence-corrected chi connectivity index (χ3v) is 11.5. The summed E-state index contributed by atoms with van der Waals surface area (Å²) in [6.07, 6.45) is 9.22. The van der Waals surface area contributed by atoms with Crippen LogP contribution in [-0.4, -0.2) is 103 Å². The fraction of sp³-hybridized carbons (Fsp3) is 0.452. The number of aliphatic carboxylic acids is 2. The van der Waals surface area contributed by atoms with Crippen LogP contribution < -0.4 is 0 Å². The van der Waals surface area contributed by atoms with E-state index in [0.717, 1.165) is 82.5 Å². The van der Waals surface area contributed by atoms with E-state index in [4.69, 9.17) is 23.2 Å². The number of carbonyl (C=O) groups is 5. The summed E-state index contributed by atoms with van der Waals surface area (Å²) in [6.45, 7) is 8.59. The second-order valence-electron chi connectivity index (χ2n) is 14.4. The Kier molecular flexibility index (Phi) is 15.6. The molecule has 3 unspecified atom stereocenters. The zero-order chi connectivity index (χ0) is 40.3. The molecular formula is C42H50Cl2N2O9. The number of aliphatic hydroxyl groups is 2. The number of amides is 1. The number of carbonyl (C=O) groups excluding carboxylic acids is 3. The van der Waals surface area contributed by atoms with Crippen LogP contribution in [0.2, 0.25) is 10.0 Å². The zero-order valence-corrected chi connectivity index (χ0v) is 32.7. The molecule has 0 radical (unpaired) electrons. The van der Waals surface area contributed by atoms with Crippen molar-refractivity contribution in [2.24, 2.45) is 11.8 Å². The lowest BCUT2D eigenvalue weighted by atomic mass is 9.73. The van der Waals surface area contributed by atoms with Crippen molar-refractivity contribution in [1.29, 1.82) is 0 Å². The summed E-state index contributed by atoms with van der Waals surface area (Å²) in [7, 11) is 0. The topological polar surface area (TPSA) is 173 Å². The minimum atomic E-state index is -3.95. The van der Waals surface area contributed by atoms with Gasteiger partial charge < -0.3 is 30.2 Å². The predicted octanol–water partition coefficient (Wildman–Crippen LogP) is 6.45. The van der Waals surface area contributed by atoms with Crippen molar-refractivity contribution < 1.29 is 44.4 Å². The van der Waals surface area contributed by atoms with Crippen LogP contribution in [0.4, 0.5) is 0 Å². The maximum Gasteiger partial charge on any atom is 0.348 e. The summed E-state index contributed by atoms with van der Waals surface area (Å²) < 4.78 is 0. The largest absolute Gasteiger partial charge is 0.479 e. The number of ketones is 2. The average molecular weight is 798 g/mol. The quantitative estimate of drug-likeness (QED) is 0.105. The van der Waals surface area contributed by atoms with Gasteiger partial charge in [0.15, 0.2) is 0 Å². The Morgan fingerprint density at radius 2 is 1.24 bits per heavy atom. The van der Waals surface area contributed by atoms with Gasteiger partial charge in [-0.3, -0.25) is 14.4 Å². The molecule has 1 aliphatic carbocycles. The van der Waals surface area contributed by atoms with Gasteiger partial charge in [-0.15, -0.1) is 0 Å². The molecule has 3 atom stereocenters. The van der Waals surface area contributed by atoms with Crippen molar-refractivity contribution in [1.82, 2.24) is 9.80 Å². The fourth-order valence-electron chi connectivity index (χ4n) is 7.46. The van der Waals surface area contributed by atoms with E-state index in [0.29, 0.717) is 33.8 Å². The van der Waals surface area contributed by atoms with E-state index < -0.39 is 45.8 Å². The number of Topliss-reactive ketones (excluding diaryl/α,β-unsaturated/α-hetero) is 2. The Hall–Kier alpha value is -4.13. The van der Waals surface area contributed by atoms with E-state index in [2.05, 4.69) is 29.7 Å². The Labute approximate surface area is 331 Å². The Morgan fingerprint density at radius 3 is 1.67 bits per heavy atom. The first-order valence-corrected chi connectivity index (χ1v) is 19.5. The molecule has 2 fully saturated rings. The van der Waals surface area contributed by atoms with E-state index in [1.54, 1.807) is 0 Å². The van der Waals surface area contributed by atoms with Crippen LogP contribution in [0.3, 0.4) is 0 Å². The number of likely N-dealkylation sites (N-methyl/N-ethyl adjacent to an activating group) is 1. The second-order valence-corrected chi connectivity index (χ2v) is 15.2. The Bertz CT molecular complexity index is 1720. The fourth-order valence-corrected chi connectivity index (χ4v) is 7.78. The van der Waals surface area contributed by atoms with Crippen molar-refractivity contribution in [2.45, 2.75) is 82.5 Å². The minimum Gasteiger partial charge on any atom is -0.479 e. The lowest BCUT2D eigenvalue weighted by molar-refractivity contribution is -0.187. The standard InChI is InChI=1S/C24H36Cl2N2O.C18H14O8/c1-3-27(18(2)15-20-9-10-22(25)23(26)16-20)17-19-11-13-28(14-12-19)24(29)21-7-5-4-6-8-21;19-13(11-7-3-1-4-8-11)17(25,15(21)22)18(26,16(23)24)14(20)12-9-5-2-6-10-12/h9-10,16,18-19,21H,3-8,11-15,17H2,1-2H3;1-10,25-26H,(H,21,22)(H,23,24). The highest BCUT2D eigenvalue weighted by Crippen LogP contribution is 2.32. The van der Waals surface area contributed by atoms with Gasteiger partial charge in [-0.25, -0.2) is 9.59 Å². The number of carboxylic acid groups (broad SMARTS) is 2. The zero-order valence-electron chi connectivity index (χ0n) is 31.2. The number of piperidine rings is 1. The Morgan fingerprint density at radius 1 is 0.745 bits per heavy atom. The number of hydrogen-bond acceptors (Lipinski definition) is 8. The van der Waals surface area contributed by atoms with E-state index in [-0.39, 0.29) is 0 Å². The first kappa shape index (κ1) is 43.6. The molecule has 3 aromatic carbocycles. The average Bonchev–Trinajstić information content (AvgIpc) is 3.21. The number of carboxylic acids is 2. The smallest absolute Gasteiger partial charge is 0.348 e. The molecule has 11 nitrogen and oxygen atoms in total. The van der Waals surface area contributed by atoms with Crippen LogP contribution in [0.25, 0.3) is 0 Å². The molecule has 0 bridgehead atoms. The van der Waals surface area contributed by atoms with Crippen LogP contribution in [0.1, 0.15) is 85.1 Å². The lowest BCUT2D eigenvalue weighted by Gasteiger charge is -2.38. The van der Waals surface area contributed by atoms with Crippen molar-refractivity contribution in [3.8, 4) is 0 Å². The van der Waals surface area contributed by atoms with Crippen molar-refractivity contribution in [3.05, 3.63) is 106 Å². The molecule has 5 rings (SSSR count).